The van der Waals surface area contributed by atoms with Gasteiger partial charge in [0.05, 0.1) is 69.1 Å². The topological polar surface area (TPSA) is 319 Å². The van der Waals surface area contributed by atoms with Crippen LogP contribution in [-0.2, 0) is 80.5 Å². The minimum Gasteiger partial charge on any atom is -0.391 e. The molecule has 14 rings (SSSR count). The summed E-state index contributed by atoms with van der Waals surface area (Å²) in [6.07, 6.45) is -1.46. The van der Waals surface area contributed by atoms with Crippen LogP contribution < -0.4 is 0 Å². The Bertz CT molecular complexity index is 2670. The second-order valence-corrected chi connectivity index (χ2v) is 30.7. The van der Waals surface area contributed by atoms with Crippen molar-refractivity contribution in [2.24, 2.45) is 16.2 Å². The van der Waals surface area contributed by atoms with Crippen LogP contribution in [0, 0.1) is 16.2 Å². The minimum atomic E-state index is -1.91. The number of hydrogen-bond acceptors (Lipinski definition) is 25. The molecule has 14 heterocycles. The Morgan fingerprint density at radius 1 is 0.306 bits per heavy atom. The summed E-state index contributed by atoms with van der Waals surface area (Å²) < 4.78 is 109. The SMILES string of the molecule is COCC12O[C@](C)(COCC34O[C@@](C)(C(C)(O)[C@](C)(COC)O3)[C@]4(C)COC[C@@]3(C)OC4(COC[C@]5(C)OC6(CO)OC(C)([C@H]5O)[C@]6(C)O)OC(C)([C@@]4(C)COC[C@]4(C)OC5(C)O[C@@](C)(C4(C)O)[C@]5(C)COC)[C@]3(C)O)C(C)(O)[C@](C)(O1)[C@@]2(C)O. The summed E-state index contributed by atoms with van der Waals surface area (Å²) in [5.74, 6) is -8.07. The third kappa shape index (κ3) is 6.95. The van der Waals surface area contributed by atoms with E-state index in [1.54, 1.807) is 83.3 Å². The highest BCUT2D eigenvalue weighted by Gasteiger charge is 2.91. The lowest BCUT2D eigenvalue weighted by Crippen LogP contribution is -2.96. The molecular formula is C60H102O25. The van der Waals surface area contributed by atoms with E-state index in [1.807, 2.05) is 34.6 Å². The molecule has 25 nitrogen and oxygen atoms in total. The minimum absolute atomic E-state index is 0.0511. The van der Waals surface area contributed by atoms with Crippen LogP contribution in [0.25, 0.3) is 0 Å². The summed E-state index contributed by atoms with van der Waals surface area (Å²) in [5.41, 5.74) is -28.4. The van der Waals surface area contributed by atoms with Crippen LogP contribution in [0.5, 0.6) is 0 Å². The van der Waals surface area contributed by atoms with Crippen molar-refractivity contribution < 1.29 is 121 Å². The first kappa shape index (κ1) is 66.9. The second kappa shape index (κ2) is 18.2. The Balaban J connectivity index is 0.926. The highest BCUT2D eigenvalue weighted by atomic mass is 16.8. The molecule has 25 atom stereocenters. The zero-order chi connectivity index (χ0) is 64.1. The van der Waals surface area contributed by atoms with E-state index in [-0.39, 0.29) is 72.7 Å². The Morgan fingerprint density at radius 3 is 1.08 bits per heavy atom. The molecule has 14 aliphatic heterocycles. The maximum absolute atomic E-state index is 13.3. The summed E-state index contributed by atoms with van der Waals surface area (Å²) in [6, 6.07) is 0. The van der Waals surface area contributed by atoms with E-state index >= 15 is 0 Å². The van der Waals surface area contributed by atoms with Gasteiger partial charge in [0.25, 0.3) is 0 Å². The molecule has 25 heteroatoms. The van der Waals surface area contributed by atoms with Gasteiger partial charge in [-0.3, -0.25) is 0 Å². The van der Waals surface area contributed by atoms with Gasteiger partial charge in [-0.1, -0.05) is 0 Å². The average Bonchev–Trinajstić information content (AvgIpc) is 0.680. The second-order valence-electron chi connectivity index (χ2n) is 30.7. The lowest BCUT2D eigenvalue weighted by atomic mass is 9.50. The fourth-order valence-corrected chi connectivity index (χ4v) is 17.7. The highest BCUT2D eigenvalue weighted by Crippen LogP contribution is 2.74. The number of aliphatic hydroxyl groups excluding tert-OH is 2. The van der Waals surface area contributed by atoms with Crippen molar-refractivity contribution in [2.75, 3.05) is 101 Å². The lowest BCUT2D eigenvalue weighted by molar-refractivity contribution is -0.589. The maximum atomic E-state index is 13.3. The molecule has 0 aromatic carbocycles. The van der Waals surface area contributed by atoms with Gasteiger partial charge in [0, 0.05) is 21.3 Å². The number of rotatable bonds is 23. The van der Waals surface area contributed by atoms with Crippen LogP contribution in [0.3, 0.4) is 0 Å². The van der Waals surface area contributed by atoms with Crippen molar-refractivity contribution in [3.63, 3.8) is 0 Å². The molecule has 0 amide bonds. The summed E-state index contributed by atoms with van der Waals surface area (Å²) in [4.78, 5) is 0. The quantitative estimate of drug-likeness (QED) is 0.0714. The van der Waals surface area contributed by atoms with E-state index in [0.717, 1.165) is 0 Å². The van der Waals surface area contributed by atoms with Crippen molar-refractivity contribution in [3.8, 4) is 0 Å². The first-order chi connectivity index (χ1) is 38.3. The molecular weight excluding hydrogens is 1120 g/mol. The molecule has 492 valence electrons. The molecule has 0 radical (unpaired) electrons. The molecule has 0 saturated carbocycles. The van der Waals surface area contributed by atoms with Crippen LogP contribution in [-0.4, -0.2) is 266 Å². The lowest BCUT2D eigenvalue weighted by Gasteiger charge is -2.79. The average molecular weight is 1220 g/mol. The Morgan fingerprint density at radius 2 is 0.671 bits per heavy atom. The van der Waals surface area contributed by atoms with Crippen molar-refractivity contribution in [2.45, 2.75) is 263 Å². The zero-order valence-electron chi connectivity index (χ0n) is 54.6. The molecule has 8 N–H and O–H groups in total. The molecule has 0 aliphatic carbocycles. The normalized spacial score (nSPS) is 62.1. The Labute approximate surface area is 499 Å². The van der Waals surface area contributed by atoms with E-state index in [1.165, 1.54) is 41.9 Å². The van der Waals surface area contributed by atoms with Crippen LogP contribution >= 0.6 is 0 Å². The van der Waals surface area contributed by atoms with E-state index in [4.69, 9.17) is 80.5 Å². The number of fused-ring (bicyclic) bond motifs is 10. The van der Waals surface area contributed by atoms with Crippen molar-refractivity contribution >= 4 is 0 Å². The fourth-order valence-electron chi connectivity index (χ4n) is 17.7. The van der Waals surface area contributed by atoms with Crippen LogP contribution in [0.15, 0.2) is 0 Å². The van der Waals surface area contributed by atoms with E-state index in [0.29, 0.717) is 0 Å². The Kier molecular flexibility index (Phi) is 14.3. The first-order valence-electron chi connectivity index (χ1n) is 29.7. The van der Waals surface area contributed by atoms with Gasteiger partial charge in [-0.2, -0.15) is 0 Å². The highest BCUT2D eigenvalue weighted by molar-refractivity contribution is 5.34. The van der Waals surface area contributed by atoms with E-state index < -0.39 is 148 Å². The van der Waals surface area contributed by atoms with Gasteiger partial charge < -0.3 is 121 Å². The van der Waals surface area contributed by atoms with E-state index in [2.05, 4.69) is 0 Å². The van der Waals surface area contributed by atoms with Crippen LogP contribution in [0.1, 0.15) is 138 Å². The third-order valence-corrected chi connectivity index (χ3v) is 26.3. The van der Waals surface area contributed by atoms with E-state index in [9.17, 15) is 40.9 Å². The predicted molar refractivity (Wildman–Crippen MR) is 294 cm³/mol. The van der Waals surface area contributed by atoms with Crippen LogP contribution in [0.2, 0.25) is 0 Å². The maximum Gasteiger partial charge on any atom is 0.225 e. The molecule has 14 saturated heterocycles. The summed E-state index contributed by atoms with van der Waals surface area (Å²) in [6.45, 7) is 31.0. The number of ether oxygens (including phenoxy) is 17. The third-order valence-electron chi connectivity index (χ3n) is 26.3. The zero-order valence-corrected chi connectivity index (χ0v) is 54.6. The van der Waals surface area contributed by atoms with Gasteiger partial charge in [0.15, 0.2) is 5.79 Å². The number of hydrogen-bond donors (Lipinski definition) is 8. The van der Waals surface area contributed by atoms with Crippen molar-refractivity contribution in [1.29, 1.82) is 0 Å². The van der Waals surface area contributed by atoms with Crippen LogP contribution in [0.4, 0.5) is 0 Å². The Hall–Kier alpha value is -1.00. The summed E-state index contributed by atoms with van der Waals surface area (Å²) in [5, 5.41) is 96.2. The number of aliphatic hydroxyl groups is 8. The van der Waals surface area contributed by atoms with Crippen molar-refractivity contribution in [1.82, 2.24) is 0 Å². The standard InChI is InChI=1S/C60H102O25/c1-37(36(62)45(9)50(14,67)57(24-61,76-37)81-45)25-72-34-58-40(4,27-73-30-42(6)47(11,64)52(16)38(2,26-69-21)56(20,77-42)82-52)54(18,84-58)48(12,65)43(7,79-58)31-74-28-39(3)53(17)46(10,63)41(5,29-70-22)78-59(39,83-53)35-75-32-44(8)49(13,66)55(19)51(15,68)60(80-44,85-55)33-71-23/h36,61-68H,24-35H2,1-23H3/t36-,37-,38-,39-,40+,41-,42-,43+,44+,45?,46?,47?,48+,49?,50-,51+,52+,53+,54?,55-,56?,57?,58?,59?,60?/m0/s1. The molecule has 0 spiro atoms. The molecule has 10 unspecified atom stereocenters. The fraction of sp³-hybridized carbons (Fsp3) is 1.00. The molecule has 0 aromatic heterocycles. The van der Waals surface area contributed by atoms with Gasteiger partial charge in [-0.15, -0.1) is 0 Å². The van der Waals surface area contributed by atoms with Gasteiger partial charge in [0.1, 0.15) is 122 Å². The largest absolute Gasteiger partial charge is 0.391 e. The molecule has 0 aromatic rings. The van der Waals surface area contributed by atoms with Gasteiger partial charge in [0.2, 0.25) is 23.1 Å². The smallest absolute Gasteiger partial charge is 0.225 e. The van der Waals surface area contributed by atoms with Gasteiger partial charge >= 0.3 is 0 Å². The monoisotopic (exact) mass is 1220 g/mol. The summed E-state index contributed by atoms with van der Waals surface area (Å²) in [7, 11) is 4.53. The molecule has 14 fully saturated rings. The summed E-state index contributed by atoms with van der Waals surface area (Å²) >= 11 is 0. The first-order valence-corrected chi connectivity index (χ1v) is 29.7. The molecule has 10 bridgehead atoms. The van der Waals surface area contributed by atoms with Crippen molar-refractivity contribution in [3.05, 3.63) is 0 Å². The number of methoxy groups -OCH3 is 3. The van der Waals surface area contributed by atoms with Gasteiger partial charge in [-0.25, -0.2) is 0 Å². The van der Waals surface area contributed by atoms with Gasteiger partial charge in [-0.05, 0) is 138 Å². The predicted octanol–water partition coefficient (Wildman–Crippen LogP) is 1.26. The molecule has 14 aliphatic rings. The molecule has 85 heavy (non-hydrogen) atoms.